The second-order valence-corrected chi connectivity index (χ2v) is 5.72. The maximum absolute atomic E-state index is 12.3. The van der Waals surface area contributed by atoms with E-state index in [0.717, 1.165) is 22.6 Å². The highest BCUT2D eigenvalue weighted by atomic mass is 16.7. The fourth-order valence-electron chi connectivity index (χ4n) is 2.52. The lowest BCUT2D eigenvalue weighted by molar-refractivity contribution is -0.125. The number of fused-ring (bicyclic) bond motifs is 1. The lowest BCUT2D eigenvalue weighted by atomic mass is 10.2. The molecule has 0 unspecified atom stereocenters. The summed E-state index contributed by atoms with van der Waals surface area (Å²) in [4.78, 5) is 13.9. The topological polar surface area (TPSA) is 48.0 Å². The van der Waals surface area contributed by atoms with Crippen LogP contribution in [0.4, 0.5) is 0 Å². The average molecular weight is 339 g/mol. The van der Waals surface area contributed by atoms with E-state index in [-0.39, 0.29) is 12.7 Å². The molecular weight excluding hydrogens is 318 g/mol. The van der Waals surface area contributed by atoms with Gasteiger partial charge in [-0.3, -0.25) is 4.79 Å². The number of amides is 1. The fraction of sp³-hybridized carbons (Fsp3) is 0.250. The first-order chi connectivity index (χ1) is 12.2. The normalized spacial score (nSPS) is 12.4. The maximum atomic E-state index is 12.3. The van der Waals surface area contributed by atoms with E-state index in [9.17, 15) is 4.79 Å². The van der Waals surface area contributed by atoms with Crippen LogP contribution in [0.2, 0.25) is 0 Å². The lowest BCUT2D eigenvalue weighted by Gasteiger charge is -2.15. The molecule has 0 saturated heterocycles. The van der Waals surface area contributed by atoms with E-state index in [1.54, 1.807) is 24.1 Å². The number of likely N-dealkylation sites (N-methyl/N-ethyl adjacent to an activating group) is 1. The Balaban J connectivity index is 1.58. The molecule has 0 aromatic heterocycles. The molecule has 1 amide bonds. The molecule has 0 bridgehead atoms. The summed E-state index contributed by atoms with van der Waals surface area (Å²) in [5.74, 6) is 2.21. The van der Waals surface area contributed by atoms with Crippen molar-refractivity contribution in [2.45, 2.75) is 13.5 Å². The van der Waals surface area contributed by atoms with Crippen LogP contribution in [-0.2, 0) is 11.3 Å². The zero-order valence-corrected chi connectivity index (χ0v) is 14.4. The highest BCUT2D eigenvalue weighted by Crippen LogP contribution is 2.32. The molecule has 0 atom stereocenters. The standard InChI is InChI=1S/C20H21NO4/c1-3-23-17-8-4-16(5-9-17)13-21(2)20(22)11-7-15-6-10-18-19(12-15)25-14-24-18/h4-12H,3,13-14H2,1-2H3/b11-7+. The molecule has 5 heteroatoms. The predicted octanol–water partition coefficient (Wildman–Crippen LogP) is 3.49. The highest BCUT2D eigenvalue weighted by molar-refractivity contribution is 5.91. The van der Waals surface area contributed by atoms with Gasteiger partial charge in [0.25, 0.3) is 0 Å². The number of hydrogen-bond acceptors (Lipinski definition) is 4. The van der Waals surface area contributed by atoms with E-state index >= 15 is 0 Å². The van der Waals surface area contributed by atoms with Gasteiger partial charge in [0.2, 0.25) is 12.7 Å². The van der Waals surface area contributed by atoms with Gasteiger partial charge in [-0.25, -0.2) is 0 Å². The van der Waals surface area contributed by atoms with Gasteiger partial charge in [0.05, 0.1) is 6.61 Å². The highest BCUT2D eigenvalue weighted by Gasteiger charge is 2.12. The molecular formula is C20H21NO4. The number of benzene rings is 2. The van der Waals surface area contributed by atoms with E-state index in [2.05, 4.69) is 0 Å². The molecule has 1 heterocycles. The number of nitrogens with zero attached hydrogens (tertiary/aromatic N) is 1. The Kier molecular flexibility index (Phi) is 5.23. The molecule has 0 N–H and O–H groups in total. The van der Waals surface area contributed by atoms with Crippen LogP contribution in [0.15, 0.2) is 48.5 Å². The van der Waals surface area contributed by atoms with Crippen molar-refractivity contribution in [3.8, 4) is 17.2 Å². The molecule has 2 aromatic carbocycles. The van der Waals surface area contributed by atoms with Gasteiger partial charge in [-0.15, -0.1) is 0 Å². The molecule has 0 saturated carbocycles. The maximum Gasteiger partial charge on any atom is 0.246 e. The van der Waals surface area contributed by atoms with Crippen molar-refractivity contribution in [3.63, 3.8) is 0 Å². The Morgan fingerprint density at radius 3 is 2.68 bits per heavy atom. The van der Waals surface area contributed by atoms with Gasteiger partial charge < -0.3 is 19.1 Å². The first-order valence-electron chi connectivity index (χ1n) is 8.20. The first-order valence-corrected chi connectivity index (χ1v) is 8.20. The Hall–Kier alpha value is -2.95. The number of carbonyl (C=O) groups excluding carboxylic acids is 1. The van der Waals surface area contributed by atoms with Crippen molar-refractivity contribution in [3.05, 3.63) is 59.7 Å². The zero-order valence-electron chi connectivity index (χ0n) is 14.4. The van der Waals surface area contributed by atoms with Crippen LogP contribution in [0.3, 0.4) is 0 Å². The van der Waals surface area contributed by atoms with Gasteiger partial charge in [0.15, 0.2) is 11.5 Å². The lowest BCUT2D eigenvalue weighted by Crippen LogP contribution is -2.24. The zero-order chi connectivity index (χ0) is 17.6. The average Bonchev–Trinajstić information content (AvgIpc) is 3.09. The molecule has 1 aliphatic rings. The van der Waals surface area contributed by atoms with Crippen LogP contribution in [0, 0.1) is 0 Å². The quantitative estimate of drug-likeness (QED) is 0.756. The Labute approximate surface area is 147 Å². The molecule has 0 spiro atoms. The Morgan fingerprint density at radius 1 is 1.16 bits per heavy atom. The van der Waals surface area contributed by atoms with Gasteiger partial charge in [0, 0.05) is 19.7 Å². The summed E-state index contributed by atoms with van der Waals surface area (Å²) in [7, 11) is 1.78. The third-order valence-corrected chi connectivity index (χ3v) is 3.85. The summed E-state index contributed by atoms with van der Waals surface area (Å²) in [6.45, 7) is 3.37. The van der Waals surface area contributed by atoms with Gasteiger partial charge in [-0.05, 0) is 48.4 Å². The van der Waals surface area contributed by atoms with Crippen molar-refractivity contribution in [2.24, 2.45) is 0 Å². The van der Waals surface area contributed by atoms with E-state index in [1.165, 1.54) is 0 Å². The van der Waals surface area contributed by atoms with Gasteiger partial charge >= 0.3 is 0 Å². The van der Waals surface area contributed by atoms with Gasteiger partial charge in [-0.1, -0.05) is 18.2 Å². The summed E-state index contributed by atoms with van der Waals surface area (Å²) in [6, 6.07) is 13.4. The van der Waals surface area contributed by atoms with Crippen molar-refractivity contribution < 1.29 is 19.0 Å². The van der Waals surface area contributed by atoms with Crippen LogP contribution < -0.4 is 14.2 Å². The van der Waals surface area contributed by atoms with E-state index in [4.69, 9.17) is 14.2 Å². The summed E-state index contributed by atoms with van der Waals surface area (Å²) in [5.41, 5.74) is 1.95. The number of carbonyl (C=O) groups is 1. The van der Waals surface area contributed by atoms with Crippen LogP contribution in [0.5, 0.6) is 17.2 Å². The summed E-state index contributed by atoms with van der Waals surface area (Å²) >= 11 is 0. The van der Waals surface area contributed by atoms with E-state index in [1.807, 2.05) is 49.4 Å². The summed E-state index contributed by atoms with van der Waals surface area (Å²) in [5, 5.41) is 0. The molecule has 5 nitrogen and oxygen atoms in total. The molecule has 25 heavy (non-hydrogen) atoms. The van der Waals surface area contributed by atoms with Crippen LogP contribution in [0.25, 0.3) is 6.08 Å². The molecule has 0 fully saturated rings. The molecule has 0 radical (unpaired) electrons. The van der Waals surface area contributed by atoms with Crippen LogP contribution in [-0.4, -0.2) is 31.3 Å². The number of hydrogen-bond donors (Lipinski definition) is 0. The monoisotopic (exact) mass is 339 g/mol. The Bertz CT molecular complexity index is 768. The molecule has 1 aliphatic heterocycles. The smallest absolute Gasteiger partial charge is 0.246 e. The van der Waals surface area contributed by atoms with Crippen LogP contribution >= 0.6 is 0 Å². The van der Waals surface area contributed by atoms with E-state index < -0.39 is 0 Å². The first kappa shape index (κ1) is 16.9. The number of ether oxygens (including phenoxy) is 3. The molecule has 0 aliphatic carbocycles. The Morgan fingerprint density at radius 2 is 1.92 bits per heavy atom. The minimum absolute atomic E-state index is 0.0634. The van der Waals surface area contributed by atoms with Crippen molar-refractivity contribution in [2.75, 3.05) is 20.4 Å². The van der Waals surface area contributed by atoms with Crippen molar-refractivity contribution in [1.29, 1.82) is 0 Å². The van der Waals surface area contributed by atoms with E-state index in [0.29, 0.717) is 18.9 Å². The molecule has 2 aromatic rings. The second-order valence-electron chi connectivity index (χ2n) is 5.72. The predicted molar refractivity (Wildman–Crippen MR) is 95.7 cm³/mol. The van der Waals surface area contributed by atoms with Crippen molar-refractivity contribution >= 4 is 12.0 Å². The summed E-state index contributed by atoms with van der Waals surface area (Å²) in [6.07, 6.45) is 3.34. The minimum Gasteiger partial charge on any atom is -0.494 e. The van der Waals surface area contributed by atoms with Gasteiger partial charge in [0.1, 0.15) is 5.75 Å². The fourth-order valence-corrected chi connectivity index (χ4v) is 2.52. The third-order valence-electron chi connectivity index (χ3n) is 3.85. The largest absolute Gasteiger partial charge is 0.494 e. The SMILES string of the molecule is CCOc1ccc(CN(C)C(=O)/C=C/c2ccc3c(c2)OCO3)cc1. The van der Waals surface area contributed by atoms with Gasteiger partial charge in [-0.2, -0.15) is 0 Å². The second kappa shape index (κ2) is 7.75. The minimum atomic E-state index is -0.0634. The molecule has 3 rings (SSSR count). The van der Waals surface area contributed by atoms with Crippen molar-refractivity contribution in [1.82, 2.24) is 4.90 Å². The molecule has 130 valence electrons. The summed E-state index contributed by atoms with van der Waals surface area (Å²) < 4.78 is 16.0. The third kappa shape index (κ3) is 4.32. The number of rotatable bonds is 6. The van der Waals surface area contributed by atoms with Crippen LogP contribution in [0.1, 0.15) is 18.1 Å².